The normalized spacial score (nSPS) is 13.2. The van der Waals surface area contributed by atoms with Crippen molar-refractivity contribution in [1.82, 2.24) is 9.29 Å². The van der Waals surface area contributed by atoms with Gasteiger partial charge in [-0.05, 0) is 55.5 Å². The lowest BCUT2D eigenvalue weighted by molar-refractivity contribution is 0.161. The molecule has 0 saturated heterocycles. The average molecular weight is 552 g/mol. The second kappa shape index (κ2) is 8.43. The number of fused-ring (bicyclic) bond motifs is 3. The van der Waals surface area contributed by atoms with Crippen LogP contribution in [0.3, 0.4) is 0 Å². The minimum Gasteiger partial charge on any atom is -0.390 e. The van der Waals surface area contributed by atoms with Crippen LogP contribution in [0.15, 0.2) is 74.5 Å². The molecule has 0 unspecified atom stereocenters. The largest absolute Gasteiger partial charge is 0.390 e. The van der Waals surface area contributed by atoms with Gasteiger partial charge in [0, 0.05) is 37.3 Å². The van der Waals surface area contributed by atoms with Crippen molar-refractivity contribution in [3.63, 3.8) is 0 Å². The molecule has 0 fully saturated rings. The highest BCUT2D eigenvalue weighted by molar-refractivity contribution is 9.10. The van der Waals surface area contributed by atoms with E-state index >= 15 is 0 Å². The van der Waals surface area contributed by atoms with Gasteiger partial charge in [0.05, 0.1) is 17.5 Å². The molecule has 30 heavy (non-hydrogen) atoms. The van der Waals surface area contributed by atoms with Crippen molar-refractivity contribution in [2.45, 2.75) is 24.5 Å². The maximum absolute atomic E-state index is 12.5. The fourth-order valence-electron chi connectivity index (χ4n) is 3.53. The van der Waals surface area contributed by atoms with Crippen LogP contribution < -0.4 is 4.72 Å². The molecule has 0 bridgehead atoms. The summed E-state index contributed by atoms with van der Waals surface area (Å²) in [6, 6.07) is 18.6. The molecule has 0 amide bonds. The van der Waals surface area contributed by atoms with Crippen molar-refractivity contribution in [2.75, 3.05) is 6.54 Å². The Labute approximate surface area is 192 Å². The molecule has 0 aliphatic rings. The minimum absolute atomic E-state index is 0.0789. The van der Waals surface area contributed by atoms with Crippen LogP contribution in [-0.4, -0.2) is 30.7 Å². The van der Waals surface area contributed by atoms with E-state index in [1.165, 1.54) is 0 Å². The third-order valence-electron chi connectivity index (χ3n) is 5.02. The molecule has 0 radical (unpaired) electrons. The van der Waals surface area contributed by atoms with E-state index in [-0.39, 0.29) is 18.0 Å². The van der Waals surface area contributed by atoms with E-state index in [9.17, 15) is 13.5 Å². The van der Waals surface area contributed by atoms with Crippen LogP contribution >= 0.6 is 31.9 Å². The van der Waals surface area contributed by atoms with E-state index < -0.39 is 16.1 Å². The summed E-state index contributed by atoms with van der Waals surface area (Å²) in [4.78, 5) is 0.187. The zero-order valence-electron chi connectivity index (χ0n) is 16.1. The summed E-state index contributed by atoms with van der Waals surface area (Å²) in [5.74, 6) is 0. The van der Waals surface area contributed by atoms with Gasteiger partial charge < -0.3 is 9.67 Å². The number of benzene rings is 3. The van der Waals surface area contributed by atoms with Crippen LogP contribution in [0.4, 0.5) is 0 Å². The molecule has 0 spiro atoms. The van der Waals surface area contributed by atoms with Gasteiger partial charge >= 0.3 is 0 Å². The summed E-state index contributed by atoms with van der Waals surface area (Å²) in [5.41, 5.74) is 2.94. The van der Waals surface area contributed by atoms with Crippen LogP contribution in [0.5, 0.6) is 0 Å². The Kier molecular flexibility index (Phi) is 6.05. The summed E-state index contributed by atoms with van der Waals surface area (Å²) in [7, 11) is -3.68. The molecule has 1 aromatic heterocycles. The molecule has 4 rings (SSSR count). The molecule has 4 aromatic rings. The number of aromatic nitrogens is 1. The molecular formula is C22H20Br2N2O3S. The standard InChI is InChI=1S/C22H20Br2N2O3S/c1-14-2-6-18(7-3-14)30(28,29)25-12-17(27)13-26-21-8-4-15(23)10-19(21)20-11-16(24)5-9-22(20)26/h2-11,17,25,27H,12-13H2,1H3/t17-/m1/s1. The van der Waals surface area contributed by atoms with Crippen LogP contribution in [0.1, 0.15) is 5.56 Å². The van der Waals surface area contributed by atoms with Gasteiger partial charge in [-0.15, -0.1) is 0 Å². The highest BCUT2D eigenvalue weighted by atomic mass is 79.9. The van der Waals surface area contributed by atoms with Crippen molar-refractivity contribution in [3.8, 4) is 0 Å². The number of aliphatic hydroxyl groups is 1. The van der Waals surface area contributed by atoms with Crippen molar-refractivity contribution >= 4 is 63.7 Å². The lowest BCUT2D eigenvalue weighted by Gasteiger charge is -2.15. The Morgan fingerprint density at radius 2 is 1.47 bits per heavy atom. The van der Waals surface area contributed by atoms with Crippen LogP contribution in [0.2, 0.25) is 0 Å². The summed E-state index contributed by atoms with van der Waals surface area (Å²) < 4.78 is 31.5. The number of hydrogen-bond donors (Lipinski definition) is 2. The number of aliphatic hydroxyl groups excluding tert-OH is 1. The van der Waals surface area contributed by atoms with Crippen molar-refractivity contribution in [1.29, 1.82) is 0 Å². The quantitative estimate of drug-likeness (QED) is 0.355. The first-order valence-electron chi connectivity index (χ1n) is 9.36. The smallest absolute Gasteiger partial charge is 0.240 e. The number of aryl methyl sites for hydroxylation is 1. The van der Waals surface area contributed by atoms with Crippen LogP contribution in [-0.2, 0) is 16.6 Å². The molecule has 0 aliphatic carbocycles. The molecule has 0 aliphatic heterocycles. The molecule has 1 heterocycles. The number of sulfonamides is 1. The van der Waals surface area contributed by atoms with E-state index in [0.29, 0.717) is 0 Å². The Balaban J connectivity index is 1.60. The Morgan fingerprint density at radius 1 is 0.933 bits per heavy atom. The summed E-state index contributed by atoms with van der Waals surface area (Å²) in [6.07, 6.45) is -0.892. The Hall–Kier alpha value is -1.71. The fourth-order valence-corrected chi connectivity index (χ4v) is 5.32. The van der Waals surface area contributed by atoms with Gasteiger partial charge in [-0.1, -0.05) is 49.6 Å². The zero-order chi connectivity index (χ0) is 21.5. The third kappa shape index (κ3) is 4.33. The number of nitrogens with one attached hydrogen (secondary N) is 1. The van der Waals surface area contributed by atoms with E-state index in [0.717, 1.165) is 36.3 Å². The van der Waals surface area contributed by atoms with Gasteiger partial charge in [0.25, 0.3) is 0 Å². The summed E-state index contributed by atoms with van der Waals surface area (Å²) in [6.45, 7) is 2.08. The highest BCUT2D eigenvalue weighted by Gasteiger charge is 2.18. The Bertz CT molecular complexity index is 1270. The van der Waals surface area contributed by atoms with Crippen molar-refractivity contribution < 1.29 is 13.5 Å². The molecule has 2 N–H and O–H groups in total. The highest BCUT2D eigenvalue weighted by Crippen LogP contribution is 2.33. The fraction of sp³-hybridized carbons (Fsp3) is 0.182. The number of rotatable bonds is 6. The first-order chi connectivity index (χ1) is 14.2. The van der Waals surface area contributed by atoms with E-state index in [4.69, 9.17) is 0 Å². The minimum atomic E-state index is -3.68. The zero-order valence-corrected chi connectivity index (χ0v) is 20.1. The van der Waals surface area contributed by atoms with Crippen LogP contribution in [0.25, 0.3) is 21.8 Å². The second-order valence-corrected chi connectivity index (χ2v) is 10.9. The average Bonchev–Trinajstić information content (AvgIpc) is 2.99. The SMILES string of the molecule is Cc1ccc(S(=O)(=O)NC[C@@H](O)Cn2c3ccc(Br)cc3c3cc(Br)ccc32)cc1. The predicted molar refractivity (Wildman–Crippen MR) is 127 cm³/mol. The van der Waals surface area contributed by atoms with Crippen LogP contribution in [0, 0.1) is 6.92 Å². The van der Waals surface area contributed by atoms with Gasteiger partial charge in [0.15, 0.2) is 0 Å². The molecule has 3 aromatic carbocycles. The third-order valence-corrected chi connectivity index (χ3v) is 7.45. The Morgan fingerprint density at radius 3 is 2.00 bits per heavy atom. The number of hydrogen-bond acceptors (Lipinski definition) is 3. The number of nitrogens with zero attached hydrogens (tertiary/aromatic N) is 1. The van der Waals surface area contributed by atoms with Gasteiger partial charge in [-0.25, -0.2) is 13.1 Å². The molecule has 5 nitrogen and oxygen atoms in total. The molecule has 156 valence electrons. The van der Waals surface area contributed by atoms with E-state index in [1.54, 1.807) is 24.3 Å². The predicted octanol–water partition coefficient (Wildman–Crippen LogP) is 4.97. The number of halogens is 2. The van der Waals surface area contributed by atoms with E-state index in [2.05, 4.69) is 36.6 Å². The van der Waals surface area contributed by atoms with E-state index in [1.807, 2.05) is 47.9 Å². The lowest BCUT2D eigenvalue weighted by Crippen LogP contribution is -2.34. The monoisotopic (exact) mass is 550 g/mol. The first kappa shape index (κ1) is 21.5. The maximum atomic E-state index is 12.5. The summed E-state index contributed by atoms with van der Waals surface area (Å²) >= 11 is 7.05. The van der Waals surface area contributed by atoms with Crippen molar-refractivity contribution in [3.05, 3.63) is 75.2 Å². The van der Waals surface area contributed by atoms with Gasteiger partial charge in [-0.2, -0.15) is 0 Å². The van der Waals surface area contributed by atoms with Gasteiger partial charge in [0.1, 0.15) is 0 Å². The first-order valence-corrected chi connectivity index (χ1v) is 12.4. The second-order valence-electron chi connectivity index (χ2n) is 7.25. The van der Waals surface area contributed by atoms with Gasteiger partial charge in [0.2, 0.25) is 10.0 Å². The van der Waals surface area contributed by atoms with Gasteiger partial charge in [-0.3, -0.25) is 0 Å². The van der Waals surface area contributed by atoms with Crippen molar-refractivity contribution in [2.24, 2.45) is 0 Å². The molecule has 1 atom stereocenters. The molecular weight excluding hydrogens is 532 g/mol. The molecule has 8 heteroatoms. The summed E-state index contributed by atoms with van der Waals surface area (Å²) in [5, 5.41) is 12.8. The lowest BCUT2D eigenvalue weighted by atomic mass is 10.2. The topological polar surface area (TPSA) is 71.3 Å². The maximum Gasteiger partial charge on any atom is 0.240 e. The molecule has 0 saturated carbocycles.